The second-order valence-corrected chi connectivity index (χ2v) is 5.75. The first kappa shape index (κ1) is 15.5. The highest BCUT2D eigenvalue weighted by atomic mass is 79.9. The molecular weight excluding hydrogens is 365 g/mol. The van der Waals surface area contributed by atoms with E-state index in [4.69, 9.17) is 5.11 Å². The van der Waals surface area contributed by atoms with Crippen LogP contribution in [0.15, 0.2) is 50.7 Å². The average molecular weight is 372 g/mol. The van der Waals surface area contributed by atoms with Crippen molar-refractivity contribution < 1.29 is 19.2 Å². The van der Waals surface area contributed by atoms with Crippen LogP contribution in [0.4, 0.5) is 10.1 Å². The predicted octanol–water partition coefficient (Wildman–Crippen LogP) is 4.35. The molecule has 0 fully saturated rings. The molecule has 8 heteroatoms. The van der Waals surface area contributed by atoms with Crippen LogP contribution >= 0.6 is 27.7 Å². The van der Waals surface area contributed by atoms with E-state index in [1.165, 1.54) is 30.3 Å². The van der Waals surface area contributed by atoms with Gasteiger partial charge in [0.15, 0.2) is 5.82 Å². The summed E-state index contributed by atoms with van der Waals surface area (Å²) in [5.74, 6) is -2.03. The Kier molecular flexibility index (Phi) is 4.59. The van der Waals surface area contributed by atoms with E-state index in [1.54, 1.807) is 6.07 Å². The lowest BCUT2D eigenvalue weighted by molar-refractivity contribution is -0.387. The molecule has 108 valence electrons. The van der Waals surface area contributed by atoms with Crippen LogP contribution in [0.3, 0.4) is 0 Å². The lowest BCUT2D eigenvalue weighted by Crippen LogP contribution is -2.00. The van der Waals surface area contributed by atoms with Gasteiger partial charge in [-0.1, -0.05) is 23.9 Å². The van der Waals surface area contributed by atoms with Gasteiger partial charge in [-0.15, -0.1) is 0 Å². The van der Waals surface area contributed by atoms with Crippen LogP contribution in [-0.2, 0) is 0 Å². The molecule has 0 saturated heterocycles. The molecule has 1 N–H and O–H groups in total. The van der Waals surface area contributed by atoms with Gasteiger partial charge in [0.2, 0.25) is 0 Å². The molecule has 2 aromatic rings. The van der Waals surface area contributed by atoms with E-state index in [2.05, 4.69) is 15.9 Å². The van der Waals surface area contributed by atoms with E-state index >= 15 is 0 Å². The minimum absolute atomic E-state index is 0.0983. The highest BCUT2D eigenvalue weighted by Crippen LogP contribution is 2.38. The van der Waals surface area contributed by atoms with Crippen molar-refractivity contribution in [2.24, 2.45) is 0 Å². The molecule has 0 saturated carbocycles. The number of rotatable bonds is 4. The Morgan fingerprint density at radius 2 is 1.90 bits per heavy atom. The first-order chi connectivity index (χ1) is 9.91. The monoisotopic (exact) mass is 371 g/mol. The summed E-state index contributed by atoms with van der Waals surface area (Å²) >= 11 is 3.75. The van der Waals surface area contributed by atoms with Crippen LogP contribution in [0.2, 0.25) is 0 Å². The summed E-state index contributed by atoms with van der Waals surface area (Å²) in [4.78, 5) is 21.6. The maximum atomic E-state index is 14.1. The molecule has 0 bridgehead atoms. The van der Waals surface area contributed by atoms with Gasteiger partial charge in [0.05, 0.1) is 19.9 Å². The zero-order valence-corrected chi connectivity index (χ0v) is 12.6. The molecule has 0 amide bonds. The Labute approximate surface area is 131 Å². The van der Waals surface area contributed by atoms with Crippen molar-refractivity contribution in [2.45, 2.75) is 9.79 Å². The zero-order valence-electron chi connectivity index (χ0n) is 10.2. The number of para-hydroxylation sites is 1. The SMILES string of the molecule is O=C(O)c1ccc(Sc2ccccc2[N+](=O)[O-])c(F)c1Br. The molecular formula is C13H7BrFNO4S. The minimum atomic E-state index is -1.26. The highest BCUT2D eigenvalue weighted by Gasteiger charge is 2.19. The van der Waals surface area contributed by atoms with Crippen LogP contribution in [0, 0.1) is 15.9 Å². The molecule has 0 aliphatic heterocycles. The quantitative estimate of drug-likeness (QED) is 0.638. The smallest absolute Gasteiger partial charge is 0.336 e. The summed E-state index contributed by atoms with van der Waals surface area (Å²) in [5, 5.41) is 19.8. The maximum Gasteiger partial charge on any atom is 0.336 e. The Morgan fingerprint density at radius 3 is 2.52 bits per heavy atom. The molecule has 0 unspecified atom stereocenters. The number of halogens is 2. The molecule has 0 heterocycles. The average Bonchev–Trinajstić information content (AvgIpc) is 2.44. The van der Waals surface area contributed by atoms with Crippen LogP contribution in [0.5, 0.6) is 0 Å². The standard InChI is InChI=1S/C13H7BrFNO4S/c14-11-7(13(17)18)5-6-10(12(11)15)21-9-4-2-1-3-8(9)16(19)20/h1-6H,(H,17,18). The number of benzene rings is 2. The van der Waals surface area contributed by atoms with E-state index in [9.17, 15) is 19.3 Å². The molecule has 0 aromatic heterocycles. The Bertz CT molecular complexity index is 738. The molecule has 0 aliphatic rings. The van der Waals surface area contributed by atoms with Gasteiger partial charge < -0.3 is 5.11 Å². The first-order valence-corrected chi connectivity index (χ1v) is 7.15. The minimum Gasteiger partial charge on any atom is -0.478 e. The number of hydrogen-bond donors (Lipinski definition) is 1. The second kappa shape index (κ2) is 6.23. The highest BCUT2D eigenvalue weighted by molar-refractivity contribution is 9.10. The number of aromatic carboxylic acids is 1. The number of carboxylic acid groups (broad SMARTS) is 1. The maximum absolute atomic E-state index is 14.1. The van der Waals surface area contributed by atoms with Crippen LogP contribution in [-0.4, -0.2) is 16.0 Å². The number of nitrogens with zero attached hydrogens (tertiary/aromatic N) is 1. The number of nitro benzene ring substituents is 1. The van der Waals surface area contributed by atoms with E-state index in [0.29, 0.717) is 0 Å². The van der Waals surface area contributed by atoms with Crippen LogP contribution in [0.25, 0.3) is 0 Å². The topological polar surface area (TPSA) is 80.4 Å². The van der Waals surface area contributed by atoms with Gasteiger partial charge in [0.1, 0.15) is 0 Å². The normalized spacial score (nSPS) is 10.4. The van der Waals surface area contributed by atoms with Gasteiger partial charge in [-0.3, -0.25) is 10.1 Å². The largest absolute Gasteiger partial charge is 0.478 e. The molecule has 5 nitrogen and oxygen atoms in total. The zero-order chi connectivity index (χ0) is 15.6. The van der Waals surface area contributed by atoms with Crippen LogP contribution < -0.4 is 0 Å². The van der Waals surface area contributed by atoms with E-state index in [-0.39, 0.29) is 25.5 Å². The van der Waals surface area contributed by atoms with Gasteiger partial charge in [-0.05, 0) is 34.1 Å². The third kappa shape index (κ3) is 3.22. The van der Waals surface area contributed by atoms with Gasteiger partial charge in [0.25, 0.3) is 5.69 Å². The van der Waals surface area contributed by atoms with E-state index in [1.807, 2.05) is 0 Å². The summed E-state index contributed by atoms with van der Waals surface area (Å²) in [7, 11) is 0. The van der Waals surface area contributed by atoms with Crippen LogP contribution in [0.1, 0.15) is 10.4 Å². The molecule has 0 atom stereocenters. The molecule has 2 aromatic carbocycles. The molecule has 2 rings (SSSR count). The Balaban J connectivity index is 2.44. The first-order valence-electron chi connectivity index (χ1n) is 5.54. The lowest BCUT2D eigenvalue weighted by atomic mass is 10.2. The van der Waals surface area contributed by atoms with Gasteiger partial charge in [-0.2, -0.15) is 0 Å². The van der Waals surface area contributed by atoms with Gasteiger partial charge in [-0.25, -0.2) is 9.18 Å². The molecule has 0 spiro atoms. The summed E-state index contributed by atoms with van der Waals surface area (Å²) in [6.07, 6.45) is 0. The van der Waals surface area contributed by atoms with Crippen molar-refractivity contribution in [1.29, 1.82) is 0 Å². The fraction of sp³-hybridized carbons (Fsp3) is 0. The van der Waals surface area contributed by atoms with Crippen molar-refractivity contribution >= 4 is 39.3 Å². The predicted molar refractivity (Wildman–Crippen MR) is 78.3 cm³/mol. The van der Waals surface area contributed by atoms with Crippen molar-refractivity contribution in [3.05, 3.63) is 62.4 Å². The lowest BCUT2D eigenvalue weighted by Gasteiger charge is -2.07. The molecule has 21 heavy (non-hydrogen) atoms. The van der Waals surface area contributed by atoms with Gasteiger partial charge >= 0.3 is 5.97 Å². The van der Waals surface area contributed by atoms with Crippen molar-refractivity contribution in [3.63, 3.8) is 0 Å². The number of nitro groups is 1. The Hall–Kier alpha value is -1.93. The summed E-state index contributed by atoms with van der Waals surface area (Å²) in [6.45, 7) is 0. The van der Waals surface area contributed by atoms with Gasteiger partial charge in [0, 0.05) is 11.0 Å². The summed E-state index contributed by atoms with van der Waals surface area (Å²) in [6, 6.07) is 8.47. The van der Waals surface area contributed by atoms with E-state index in [0.717, 1.165) is 11.8 Å². The number of carboxylic acids is 1. The molecule has 0 aliphatic carbocycles. The molecule has 0 radical (unpaired) electrons. The third-order valence-electron chi connectivity index (χ3n) is 2.56. The number of hydrogen-bond acceptors (Lipinski definition) is 4. The third-order valence-corrected chi connectivity index (χ3v) is 4.43. The summed E-state index contributed by atoms with van der Waals surface area (Å²) in [5.41, 5.74) is -0.347. The van der Waals surface area contributed by atoms with Crippen molar-refractivity contribution in [1.82, 2.24) is 0 Å². The Morgan fingerprint density at radius 1 is 1.24 bits per heavy atom. The van der Waals surface area contributed by atoms with Crippen molar-refractivity contribution in [3.8, 4) is 0 Å². The fourth-order valence-electron chi connectivity index (χ4n) is 1.59. The number of carbonyl (C=O) groups is 1. The fourth-order valence-corrected chi connectivity index (χ4v) is 3.19. The van der Waals surface area contributed by atoms with E-state index < -0.39 is 16.7 Å². The summed E-state index contributed by atoms with van der Waals surface area (Å²) < 4.78 is 14.0. The van der Waals surface area contributed by atoms with Crippen molar-refractivity contribution in [2.75, 3.05) is 0 Å². The second-order valence-electron chi connectivity index (χ2n) is 3.87.